The highest BCUT2D eigenvalue weighted by Gasteiger charge is 2.17. The van der Waals surface area contributed by atoms with E-state index in [1.54, 1.807) is 0 Å². The molecule has 0 radical (unpaired) electrons. The first-order valence-corrected chi connectivity index (χ1v) is 6.34. The van der Waals surface area contributed by atoms with Gasteiger partial charge < -0.3 is 15.7 Å². The summed E-state index contributed by atoms with van der Waals surface area (Å²) in [5, 5.41) is 14.8. The first-order chi connectivity index (χ1) is 9.15. The monoisotopic (exact) mass is 263 g/mol. The Bertz CT molecular complexity index is 470. The first-order valence-electron chi connectivity index (χ1n) is 6.34. The van der Waals surface area contributed by atoms with E-state index in [9.17, 15) is 9.59 Å². The third-order valence-corrected chi connectivity index (χ3v) is 3.14. The molecule has 1 saturated heterocycles. The van der Waals surface area contributed by atoms with E-state index < -0.39 is 5.97 Å². The summed E-state index contributed by atoms with van der Waals surface area (Å²) in [5.41, 5.74) is 0.491. The van der Waals surface area contributed by atoms with E-state index in [2.05, 4.69) is 15.6 Å². The summed E-state index contributed by atoms with van der Waals surface area (Å²) in [5.74, 6) is -0.803. The first kappa shape index (κ1) is 13.5. The third kappa shape index (κ3) is 4.03. The van der Waals surface area contributed by atoms with Gasteiger partial charge in [-0.1, -0.05) is 0 Å². The number of carbonyl (C=O) groups excluding carboxylic acids is 1. The molecule has 0 saturated carbocycles. The van der Waals surface area contributed by atoms with E-state index in [-0.39, 0.29) is 11.5 Å². The number of piperidine rings is 1. The molecule has 0 aliphatic carbocycles. The number of anilines is 1. The fourth-order valence-corrected chi connectivity index (χ4v) is 2.20. The van der Waals surface area contributed by atoms with Crippen LogP contribution in [0.15, 0.2) is 18.5 Å². The number of carboxylic acids is 1. The second-order valence-electron chi connectivity index (χ2n) is 4.73. The van der Waals surface area contributed by atoms with Crippen LogP contribution < -0.4 is 10.6 Å². The number of rotatable bonds is 4. The zero-order chi connectivity index (χ0) is 13.7. The molecule has 1 fully saturated rings. The van der Waals surface area contributed by atoms with Crippen molar-refractivity contribution in [2.24, 2.45) is 5.92 Å². The molecule has 102 valence electrons. The molecule has 19 heavy (non-hydrogen) atoms. The molecular formula is C13H17N3O3. The van der Waals surface area contributed by atoms with Crippen LogP contribution in [0.3, 0.4) is 0 Å². The predicted octanol–water partition coefficient (Wildman–Crippen LogP) is 1.11. The van der Waals surface area contributed by atoms with Crippen LogP contribution in [0.2, 0.25) is 0 Å². The lowest BCUT2D eigenvalue weighted by molar-refractivity contribution is -0.117. The largest absolute Gasteiger partial charge is 0.478 e. The molecule has 0 aromatic carbocycles. The summed E-state index contributed by atoms with van der Waals surface area (Å²) >= 11 is 0. The van der Waals surface area contributed by atoms with Gasteiger partial charge >= 0.3 is 5.97 Å². The van der Waals surface area contributed by atoms with Crippen LogP contribution >= 0.6 is 0 Å². The summed E-state index contributed by atoms with van der Waals surface area (Å²) in [6.07, 6.45) is 5.29. The van der Waals surface area contributed by atoms with Crippen LogP contribution in [0.1, 0.15) is 29.6 Å². The Morgan fingerprint density at radius 1 is 1.47 bits per heavy atom. The van der Waals surface area contributed by atoms with Gasteiger partial charge in [-0.2, -0.15) is 0 Å². The zero-order valence-corrected chi connectivity index (χ0v) is 10.6. The number of hydrogen-bond donors (Lipinski definition) is 3. The molecule has 0 spiro atoms. The minimum Gasteiger partial charge on any atom is -0.478 e. The van der Waals surface area contributed by atoms with Crippen molar-refractivity contribution in [3.8, 4) is 0 Å². The molecule has 2 heterocycles. The van der Waals surface area contributed by atoms with E-state index in [1.807, 2.05) is 0 Å². The van der Waals surface area contributed by atoms with Crippen molar-refractivity contribution in [3.05, 3.63) is 24.0 Å². The third-order valence-electron chi connectivity index (χ3n) is 3.14. The Morgan fingerprint density at radius 3 is 3.00 bits per heavy atom. The Labute approximate surface area is 111 Å². The van der Waals surface area contributed by atoms with Crippen molar-refractivity contribution in [1.29, 1.82) is 0 Å². The molecule has 1 aromatic heterocycles. The highest BCUT2D eigenvalue weighted by molar-refractivity contribution is 5.93. The standard InChI is InChI=1S/C13H17N3O3/c17-12(4-9-2-1-3-14-6-9)16-11-5-10(13(18)19)7-15-8-11/h5,7-9,14H,1-4,6H2,(H,16,17)(H,18,19). The summed E-state index contributed by atoms with van der Waals surface area (Å²) in [6.45, 7) is 1.88. The molecule has 1 aliphatic heterocycles. The number of amides is 1. The molecule has 6 nitrogen and oxygen atoms in total. The van der Waals surface area contributed by atoms with Crippen LogP contribution in [0, 0.1) is 5.92 Å². The maximum atomic E-state index is 11.8. The molecular weight excluding hydrogens is 246 g/mol. The lowest BCUT2D eigenvalue weighted by atomic mass is 9.96. The average molecular weight is 263 g/mol. The van der Waals surface area contributed by atoms with E-state index in [0.29, 0.717) is 18.0 Å². The van der Waals surface area contributed by atoms with Crippen molar-refractivity contribution in [2.75, 3.05) is 18.4 Å². The molecule has 6 heteroatoms. The number of hydrogen-bond acceptors (Lipinski definition) is 4. The molecule has 1 atom stereocenters. The molecule has 1 unspecified atom stereocenters. The minimum atomic E-state index is -1.06. The maximum absolute atomic E-state index is 11.8. The van der Waals surface area contributed by atoms with Crippen LogP contribution in [0.25, 0.3) is 0 Å². The fraction of sp³-hybridized carbons (Fsp3) is 0.462. The lowest BCUT2D eigenvalue weighted by Gasteiger charge is -2.22. The van der Waals surface area contributed by atoms with Crippen molar-refractivity contribution in [3.63, 3.8) is 0 Å². The highest BCUT2D eigenvalue weighted by Crippen LogP contribution is 2.15. The normalized spacial score (nSPS) is 18.8. The molecule has 2 rings (SSSR count). The molecule has 1 aliphatic rings. The average Bonchev–Trinajstić information content (AvgIpc) is 2.40. The van der Waals surface area contributed by atoms with Gasteiger partial charge in [-0.3, -0.25) is 9.78 Å². The van der Waals surface area contributed by atoms with Crippen molar-refractivity contribution >= 4 is 17.6 Å². The lowest BCUT2D eigenvalue weighted by Crippen LogP contribution is -2.32. The smallest absolute Gasteiger partial charge is 0.337 e. The summed E-state index contributed by atoms with van der Waals surface area (Å²) < 4.78 is 0. The molecule has 1 aromatic rings. The Hall–Kier alpha value is -1.95. The van der Waals surface area contributed by atoms with E-state index in [4.69, 9.17) is 5.11 Å². The zero-order valence-electron chi connectivity index (χ0n) is 10.6. The number of carboxylic acid groups (broad SMARTS) is 1. The van der Waals surface area contributed by atoms with Crippen LogP contribution in [0.4, 0.5) is 5.69 Å². The Morgan fingerprint density at radius 2 is 2.32 bits per heavy atom. The van der Waals surface area contributed by atoms with E-state index in [0.717, 1.165) is 25.9 Å². The maximum Gasteiger partial charge on any atom is 0.337 e. The molecule has 0 bridgehead atoms. The number of nitrogens with zero attached hydrogens (tertiary/aromatic N) is 1. The Kier molecular flexibility index (Phi) is 4.46. The van der Waals surface area contributed by atoms with Gasteiger partial charge in [0, 0.05) is 12.6 Å². The van der Waals surface area contributed by atoms with Gasteiger partial charge in [0.25, 0.3) is 0 Å². The Balaban J connectivity index is 1.90. The number of nitrogens with one attached hydrogen (secondary N) is 2. The SMILES string of the molecule is O=C(CC1CCCNC1)Nc1cncc(C(=O)O)c1. The number of pyridine rings is 1. The molecule has 1 amide bonds. The number of carbonyl (C=O) groups is 2. The van der Waals surface area contributed by atoms with Gasteiger partial charge in [-0.05, 0) is 37.9 Å². The predicted molar refractivity (Wildman–Crippen MR) is 70.0 cm³/mol. The van der Waals surface area contributed by atoms with E-state index >= 15 is 0 Å². The van der Waals surface area contributed by atoms with Crippen LogP contribution in [0.5, 0.6) is 0 Å². The quantitative estimate of drug-likeness (QED) is 0.757. The second-order valence-corrected chi connectivity index (χ2v) is 4.73. The van der Waals surface area contributed by atoms with Gasteiger partial charge in [-0.25, -0.2) is 4.79 Å². The van der Waals surface area contributed by atoms with E-state index in [1.165, 1.54) is 18.5 Å². The van der Waals surface area contributed by atoms with Gasteiger partial charge in [0.05, 0.1) is 17.4 Å². The van der Waals surface area contributed by atoms with Crippen LogP contribution in [-0.2, 0) is 4.79 Å². The summed E-state index contributed by atoms with van der Waals surface area (Å²) in [6, 6.07) is 1.41. The topological polar surface area (TPSA) is 91.3 Å². The highest BCUT2D eigenvalue weighted by atomic mass is 16.4. The summed E-state index contributed by atoms with van der Waals surface area (Å²) in [4.78, 5) is 26.4. The molecule has 3 N–H and O–H groups in total. The van der Waals surface area contributed by atoms with Gasteiger partial charge in [0.2, 0.25) is 5.91 Å². The van der Waals surface area contributed by atoms with Gasteiger partial charge in [-0.15, -0.1) is 0 Å². The number of aromatic carboxylic acids is 1. The van der Waals surface area contributed by atoms with Crippen molar-refractivity contribution < 1.29 is 14.7 Å². The number of aromatic nitrogens is 1. The van der Waals surface area contributed by atoms with Crippen molar-refractivity contribution in [2.45, 2.75) is 19.3 Å². The fourth-order valence-electron chi connectivity index (χ4n) is 2.20. The summed E-state index contributed by atoms with van der Waals surface area (Å²) in [7, 11) is 0. The second kappa shape index (κ2) is 6.29. The van der Waals surface area contributed by atoms with Crippen LogP contribution in [-0.4, -0.2) is 35.1 Å². The van der Waals surface area contributed by atoms with Gasteiger partial charge in [0.15, 0.2) is 0 Å². The van der Waals surface area contributed by atoms with Gasteiger partial charge in [0.1, 0.15) is 0 Å². The minimum absolute atomic E-state index is 0.0668. The van der Waals surface area contributed by atoms with Crippen molar-refractivity contribution in [1.82, 2.24) is 10.3 Å².